The lowest BCUT2D eigenvalue weighted by Crippen LogP contribution is -2.45. The molecule has 0 aliphatic heterocycles. The highest BCUT2D eigenvalue weighted by Crippen LogP contribution is 2.60. The van der Waals surface area contributed by atoms with Crippen LogP contribution < -0.4 is 0 Å². The zero-order valence-electron chi connectivity index (χ0n) is 8.61. The molecule has 0 heterocycles. The fourth-order valence-electron chi connectivity index (χ4n) is 1.22. The molecular formula is C10H7Cl7O. The van der Waals surface area contributed by atoms with Crippen LogP contribution in [-0.4, -0.2) is 13.2 Å². The van der Waals surface area contributed by atoms with Crippen LogP contribution in [-0.2, 0) is 10.9 Å². The van der Waals surface area contributed by atoms with Crippen LogP contribution in [0, 0.1) is 0 Å². The summed E-state index contributed by atoms with van der Waals surface area (Å²) in [4.78, 5) is 0. The molecule has 0 aliphatic carbocycles. The summed E-state index contributed by atoms with van der Waals surface area (Å²) < 4.78 is -6.05. The van der Waals surface area contributed by atoms with Crippen LogP contribution >= 0.6 is 81.2 Å². The number of hydrogen-bond acceptors (Lipinski definition) is 1. The summed E-state index contributed by atoms with van der Waals surface area (Å²) in [5, 5.41) is 9.06. The Morgan fingerprint density at radius 1 is 0.944 bits per heavy atom. The maximum atomic E-state index is 9.06. The van der Waals surface area contributed by atoms with E-state index in [0.717, 1.165) is 0 Å². The molecule has 0 saturated heterocycles. The maximum Gasteiger partial charge on any atom is 0.226 e. The highest BCUT2D eigenvalue weighted by atomic mass is 35.6. The molecule has 8 heteroatoms. The fraction of sp³-hybridized carbons (Fsp3) is 0.400. The first kappa shape index (κ1) is 17.3. The Hall–Kier alpha value is 1.21. The monoisotopic (exact) mass is 388 g/mol. The van der Waals surface area contributed by atoms with E-state index in [4.69, 9.17) is 86.3 Å². The lowest BCUT2D eigenvalue weighted by atomic mass is 10.1. The molecule has 0 atom stereocenters. The predicted molar refractivity (Wildman–Crippen MR) is 80.5 cm³/mol. The van der Waals surface area contributed by atoms with E-state index >= 15 is 0 Å². The number of aliphatic hydroxyl groups excluding tert-OH is 1. The minimum absolute atomic E-state index is 0.191. The van der Waals surface area contributed by atoms with E-state index in [0.29, 0.717) is 11.1 Å². The highest BCUT2D eigenvalue weighted by molar-refractivity contribution is 6.78. The molecule has 1 aromatic rings. The number of aliphatic hydroxyl groups is 1. The van der Waals surface area contributed by atoms with E-state index in [1.807, 2.05) is 0 Å². The Kier molecular flexibility index (Phi) is 5.67. The third kappa shape index (κ3) is 3.27. The van der Waals surface area contributed by atoms with Gasteiger partial charge in [-0.25, -0.2) is 0 Å². The smallest absolute Gasteiger partial charge is 0.226 e. The van der Waals surface area contributed by atoms with Crippen LogP contribution in [0.15, 0.2) is 24.3 Å². The average Bonchev–Trinajstić information content (AvgIpc) is 2.27. The van der Waals surface area contributed by atoms with Gasteiger partial charge in [0.05, 0.1) is 6.61 Å². The molecule has 0 fully saturated rings. The highest BCUT2D eigenvalue weighted by Gasteiger charge is 2.60. The Labute approximate surface area is 140 Å². The van der Waals surface area contributed by atoms with Crippen LogP contribution in [0.1, 0.15) is 11.1 Å². The van der Waals surface area contributed by atoms with Crippen molar-refractivity contribution in [1.82, 2.24) is 0 Å². The molecule has 1 rings (SSSR count). The van der Waals surface area contributed by atoms with Gasteiger partial charge in [-0.2, -0.15) is 0 Å². The van der Waals surface area contributed by atoms with Crippen LogP contribution in [0.5, 0.6) is 0 Å². The maximum absolute atomic E-state index is 9.06. The van der Waals surface area contributed by atoms with Crippen molar-refractivity contribution in [1.29, 1.82) is 0 Å². The second kappa shape index (κ2) is 5.91. The first-order chi connectivity index (χ1) is 8.04. The standard InChI is InChI=1S/C10H7Cl7O/c11-8(12,9(13,14)10(15,16)17)7-3-1-2-6(4-7)5-18/h1-4,18H,5H2. The topological polar surface area (TPSA) is 20.2 Å². The quantitative estimate of drug-likeness (QED) is 0.689. The van der Waals surface area contributed by atoms with E-state index < -0.39 is 12.5 Å². The van der Waals surface area contributed by atoms with Gasteiger partial charge in [-0.15, -0.1) is 0 Å². The molecular weight excluding hydrogens is 384 g/mol. The SMILES string of the molecule is OCc1cccc(C(Cl)(Cl)C(Cl)(Cl)C(Cl)(Cl)Cl)c1. The van der Waals surface area contributed by atoms with Crippen molar-refractivity contribution in [3.63, 3.8) is 0 Å². The molecule has 1 aromatic carbocycles. The van der Waals surface area contributed by atoms with Crippen molar-refractivity contribution in [3.8, 4) is 0 Å². The second-order valence-electron chi connectivity index (χ2n) is 3.51. The van der Waals surface area contributed by atoms with Crippen molar-refractivity contribution < 1.29 is 5.11 Å². The van der Waals surface area contributed by atoms with Gasteiger partial charge < -0.3 is 5.11 Å². The molecule has 0 bridgehead atoms. The summed E-state index contributed by atoms with van der Waals surface area (Å²) in [5.74, 6) is 0. The summed E-state index contributed by atoms with van der Waals surface area (Å²) in [7, 11) is 0. The van der Waals surface area contributed by atoms with Crippen LogP contribution in [0.25, 0.3) is 0 Å². The van der Waals surface area contributed by atoms with Gasteiger partial charge in [0.2, 0.25) is 8.13 Å². The minimum atomic E-state index is -2.10. The summed E-state index contributed by atoms with van der Waals surface area (Å²) >= 11 is 41.3. The van der Waals surface area contributed by atoms with Gasteiger partial charge in [0.15, 0.2) is 4.33 Å². The van der Waals surface area contributed by atoms with Crippen LogP contribution in [0.2, 0.25) is 0 Å². The Balaban J connectivity index is 3.28. The zero-order chi connectivity index (χ0) is 14.2. The molecule has 18 heavy (non-hydrogen) atoms. The number of alkyl halides is 7. The Bertz CT molecular complexity index is 424. The van der Waals surface area contributed by atoms with Gasteiger partial charge >= 0.3 is 0 Å². The summed E-state index contributed by atoms with van der Waals surface area (Å²) in [6.07, 6.45) is 0. The largest absolute Gasteiger partial charge is 0.392 e. The zero-order valence-corrected chi connectivity index (χ0v) is 13.9. The molecule has 0 spiro atoms. The number of rotatable bonds is 3. The second-order valence-corrected chi connectivity index (χ2v) is 8.44. The van der Waals surface area contributed by atoms with Gasteiger partial charge in [0, 0.05) is 0 Å². The van der Waals surface area contributed by atoms with Crippen molar-refractivity contribution in [2.45, 2.75) is 19.1 Å². The van der Waals surface area contributed by atoms with Gasteiger partial charge in [0.25, 0.3) is 0 Å². The first-order valence-electron chi connectivity index (χ1n) is 4.56. The van der Waals surface area contributed by atoms with Gasteiger partial charge in [0.1, 0.15) is 0 Å². The molecule has 1 N–H and O–H groups in total. The molecule has 0 amide bonds. The van der Waals surface area contributed by atoms with Crippen molar-refractivity contribution in [2.24, 2.45) is 0 Å². The van der Waals surface area contributed by atoms with Crippen molar-refractivity contribution >= 4 is 81.2 Å². The van der Waals surface area contributed by atoms with E-state index in [2.05, 4.69) is 0 Å². The predicted octanol–water partition coefficient (Wildman–Crippen LogP) is 5.35. The first-order valence-corrected chi connectivity index (χ1v) is 7.21. The molecule has 0 unspecified atom stereocenters. The summed E-state index contributed by atoms with van der Waals surface area (Å²) in [5.41, 5.74) is 0.889. The third-order valence-corrected chi connectivity index (χ3v) is 6.18. The average molecular weight is 391 g/mol. The van der Waals surface area contributed by atoms with Gasteiger partial charge in [-0.05, 0) is 11.1 Å². The lowest BCUT2D eigenvalue weighted by molar-refractivity contribution is 0.281. The third-order valence-electron chi connectivity index (χ3n) is 2.22. The van der Waals surface area contributed by atoms with E-state index in [1.165, 1.54) is 6.07 Å². The lowest BCUT2D eigenvalue weighted by Gasteiger charge is -2.37. The Morgan fingerprint density at radius 2 is 1.50 bits per heavy atom. The van der Waals surface area contributed by atoms with Crippen LogP contribution in [0.3, 0.4) is 0 Å². The summed E-state index contributed by atoms with van der Waals surface area (Å²) in [6.45, 7) is -0.191. The number of hydrogen-bond donors (Lipinski definition) is 1. The van der Waals surface area contributed by atoms with Gasteiger partial charge in [-0.1, -0.05) is 105 Å². The molecule has 0 aliphatic rings. The fourth-order valence-corrected chi connectivity index (χ4v) is 2.68. The normalized spacial score (nSPS) is 13.8. The van der Waals surface area contributed by atoms with Crippen molar-refractivity contribution in [3.05, 3.63) is 35.4 Å². The molecule has 1 nitrogen and oxygen atoms in total. The van der Waals surface area contributed by atoms with Gasteiger partial charge in [-0.3, -0.25) is 0 Å². The number of benzene rings is 1. The van der Waals surface area contributed by atoms with E-state index in [-0.39, 0.29) is 6.61 Å². The van der Waals surface area contributed by atoms with E-state index in [9.17, 15) is 0 Å². The van der Waals surface area contributed by atoms with Crippen molar-refractivity contribution in [2.75, 3.05) is 0 Å². The molecule has 0 saturated carbocycles. The van der Waals surface area contributed by atoms with E-state index in [1.54, 1.807) is 18.2 Å². The molecule has 102 valence electrons. The molecule has 0 radical (unpaired) electrons. The minimum Gasteiger partial charge on any atom is -0.392 e. The number of halogens is 7. The molecule has 0 aromatic heterocycles. The summed E-state index contributed by atoms with van der Waals surface area (Å²) in [6, 6.07) is 6.39. The Morgan fingerprint density at radius 3 is 1.94 bits per heavy atom. The van der Waals surface area contributed by atoms with Crippen LogP contribution in [0.4, 0.5) is 0 Å².